The highest BCUT2D eigenvalue weighted by Crippen LogP contribution is 2.08. The summed E-state index contributed by atoms with van der Waals surface area (Å²) >= 11 is 0. The van der Waals surface area contributed by atoms with E-state index in [1.807, 2.05) is 26.4 Å². The average molecular weight is 296 g/mol. The van der Waals surface area contributed by atoms with Crippen molar-refractivity contribution in [2.45, 2.75) is 31.6 Å². The van der Waals surface area contributed by atoms with Gasteiger partial charge in [-0.25, -0.2) is 4.98 Å². The predicted octanol–water partition coefficient (Wildman–Crippen LogP) is 2.61. The SMILES string of the molecule is CCCc1nccn1C.Cc1ccc(S(=O)(=O)O)cc1. The maximum Gasteiger partial charge on any atom is 0.294 e. The minimum Gasteiger partial charge on any atom is -0.338 e. The fraction of sp³-hybridized carbons (Fsp3) is 0.357. The Kier molecular flexibility index (Phi) is 5.91. The van der Waals surface area contributed by atoms with Crippen LogP contribution in [-0.2, 0) is 23.6 Å². The number of aromatic nitrogens is 2. The van der Waals surface area contributed by atoms with Crippen molar-refractivity contribution in [2.24, 2.45) is 7.05 Å². The number of rotatable bonds is 3. The Morgan fingerprint density at radius 1 is 1.25 bits per heavy atom. The summed E-state index contributed by atoms with van der Waals surface area (Å²) in [6, 6.07) is 5.99. The van der Waals surface area contributed by atoms with E-state index in [1.165, 1.54) is 24.4 Å². The normalized spacial score (nSPS) is 10.8. The standard InChI is InChI=1S/C7H12N2.C7H8O3S/c1-3-4-7-8-5-6-9(7)2;1-6-2-4-7(5-3-6)11(8,9)10/h5-6H,3-4H2,1-2H3;2-5H,1H3,(H,8,9,10). The molecule has 2 rings (SSSR count). The van der Waals surface area contributed by atoms with Crippen molar-refractivity contribution in [1.29, 1.82) is 0 Å². The van der Waals surface area contributed by atoms with Crippen molar-refractivity contribution in [2.75, 3.05) is 0 Å². The molecule has 0 aliphatic carbocycles. The smallest absolute Gasteiger partial charge is 0.294 e. The maximum atomic E-state index is 10.5. The van der Waals surface area contributed by atoms with Gasteiger partial charge in [0.1, 0.15) is 5.82 Å². The number of nitrogens with zero attached hydrogens (tertiary/aromatic N) is 2. The van der Waals surface area contributed by atoms with E-state index in [0.717, 1.165) is 12.0 Å². The Labute approximate surface area is 120 Å². The van der Waals surface area contributed by atoms with Crippen molar-refractivity contribution in [3.63, 3.8) is 0 Å². The van der Waals surface area contributed by atoms with Crippen molar-refractivity contribution >= 4 is 10.1 Å². The average Bonchev–Trinajstić information content (AvgIpc) is 2.76. The molecule has 5 nitrogen and oxygen atoms in total. The first kappa shape index (κ1) is 16.4. The zero-order valence-corrected chi connectivity index (χ0v) is 12.8. The number of benzene rings is 1. The van der Waals surface area contributed by atoms with Gasteiger partial charge < -0.3 is 4.57 Å². The molecule has 0 radical (unpaired) electrons. The zero-order valence-electron chi connectivity index (χ0n) is 11.9. The molecule has 1 heterocycles. The summed E-state index contributed by atoms with van der Waals surface area (Å²) in [5, 5.41) is 0. The van der Waals surface area contributed by atoms with Crippen LogP contribution in [0.2, 0.25) is 0 Å². The van der Waals surface area contributed by atoms with Crippen molar-refractivity contribution in [3.8, 4) is 0 Å². The van der Waals surface area contributed by atoms with Gasteiger partial charge in [-0.1, -0.05) is 24.6 Å². The summed E-state index contributed by atoms with van der Waals surface area (Å²) in [5.74, 6) is 1.18. The molecule has 0 spiro atoms. The van der Waals surface area contributed by atoms with Crippen LogP contribution >= 0.6 is 0 Å². The molecule has 20 heavy (non-hydrogen) atoms. The topological polar surface area (TPSA) is 72.2 Å². The van der Waals surface area contributed by atoms with Gasteiger partial charge in [0.15, 0.2) is 0 Å². The fourth-order valence-corrected chi connectivity index (χ4v) is 2.05. The van der Waals surface area contributed by atoms with E-state index >= 15 is 0 Å². The van der Waals surface area contributed by atoms with E-state index in [9.17, 15) is 8.42 Å². The first-order chi connectivity index (χ1) is 9.34. The first-order valence-corrected chi connectivity index (χ1v) is 7.79. The maximum absolute atomic E-state index is 10.5. The molecular weight excluding hydrogens is 276 g/mol. The first-order valence-electron chi connectivity index (χ1n) is 6.35. The van der Waals surface area contributed by atoms with Gasteiger partial charge in [0, 0.05) is 25.9 Å². The Morgan fingerprint density at radius 2 is 1.85 bits per heavy atom. The van der Waals surface area contributed by atoms with Crippen molar-refractivity contribution in [1.82, 2.24) is 9.55 Å². The van der Waals surface area contributed by atoms with Crippen LogP contribution in [0.5, 0.6) is 0 Å². The van der Waals surface area contributed by atoms with Gasteiger partial charge in [0.05, 0.1) is 4.90 Å². The highest BCUT2D eigenvalue weighted by molar-refractivity contribution is 7.85. The Morgan fingerprint density at radius 3 is 2.25 bits per heavy atom. The summed E-state index contributed by atoms with van der Waals surface area (Å²) in [6.45, 7) is 4.00. The lowest BCUT2D eigenvalue weighted by atomic mass is 10.2. The predicted molar refractivity (Wildman–Crippen MR) is 78.2 cm³/mol. The minimum absolute atomic E-state index is 0.0666. The molecule has 6 heteroatoms. The molecule has 2 aromatic rings. The van der Waals surface area contributed by atoms with Crippen molar-refractivity contribution in [3.05, 3.63) is 48.0 Å². The lowest BCUT2D eigenvalue weighted by molar-refractivity contribution is 0.483. The zero-order chi connectivity index (χ0) is 15.2. The minimum atomic E-state index is -4.02. The van der Waals surface area contributed by atoms with Crippen molar-refractivity contribution < 1.29 is 13.0 Å². The van der Waals surface area contributed by atoms with Gasteiger partial charge in [-0.15, -0.1) is 0 Å². The van der Waals surface area contributed by atoms with Gasteiger partial charge in [-0.05, 0) is 25.5 Å². The molecule has 110 valence electrons. The largest absolute Gasteiger partial charge is 0.338 e. The van der Waals surface area contributed by atoms with Gasteiger partial charge >= 0.3 is 0 Å². The lowest BCUT2D eigenvalue weighted by Gasteiger charge is -1.95. The van der Waals surface area contributed by atoms with Crippen LogP contribution in [0.25, 0.3) is 0 Å². The quantitative estimate of drug-likeness (QED) is 0.884. The van der Waals surface area contributed by atoms with Crippen LogP contribution in [0.15, 0.2) is 41.6 Å². The van der Waals surface area contributed by atoms with E-state index in [2.05, 4.69) is 16.5 Å². The molecule has 0 aliphatic heterocycles. The van der Waals surface area contributed by atoms with Crippen LogP contribution < -0.4 is 0 Å². The summed E-state index contributed by atoms with van der Waals surface area (Å²) in [5.41, 5.74) is 0.956. The summed E-state index contributed by atoms with van der Waals surface area (Å²) < 4.78 is 31.6. The fourth-order valence-electron chi connectivity index (χ4n) is 1.57. The molecule has 0 aliphatic rings. The summed E-state index contributed by atoms with van der Waals surface area (Å²) in [6.07, 6.45) is 6.07. The Hall–Kier alpha value is -1.66. The van der Waals surface area contributed by atoms with Gasteiger partial charge in [0.25, 0.3) is 10.1 Å². The molecule has 1 N–H and O–H groups in total. The highest BCUT2D eigenvalue weighted by atomic mass is 32.2. The Bertz CT molecular complexity index is 631. The van der Waals surface area contributed by atoms with Crippen LogP contribution in [0.3, 0.4) is 0 Å². The third-order valence-corrected chi connectivity index (χ3v) is 3.58. The highest BCUT2D eigenvalue weighted by Gasteiger charge is 2.06. The van der Waals surface area contributed by atoms with Crippen LogP contribution in [0.4, 0.5) is 0 Å². The lowest BCUT2D eigenvalue weighted by Crippen LogP contribution is -1.96. The molecule has 0 fully saturated rings. The molecule has 0 bridgehead atoms. The van der Waals surface area contributed by atoms with Crippen LogP contribution in [0.1, 0.15) is 24.7 Å². The van der Waals surface area contributed by atoms with Gasteiger partial charge in [-0.3, -0.25) is 4.55 Å². The van der Waals surface area contributed by atoms with Crippen LogP contribution in [-0.4, -0.2) is 22.5 Å². The second-order valence-corrected chi connectivity index (χ2v) is 5.91. The van der Waals surface area contributed by atoms with Crippen LogP contribution in [0, 0.1) is 6.92 Å². The monoisotopic (exact) mass is 296 g/mol. The van der Waals surface area contributed by atoms with E-state index in [4.69, 9.17) is 4.55 Å². The summed E-state index contributed by atoms with van der Waals surface area (Å²) in [7, 11) is -1.99. The Balaban J connectivity index is 0.000000204. The molecule has 0 unspecified atom stereocenters. The third kappa shape index (κ3) is 5.14. The molecule has 0 saturated carbocycles. The van der Waals surface area contributed by atoms with E-state index in [1.54, 1.807) is 12.1 Å². The molecule has 1 aromatic carbocycles. The van der Waals surface area contributed by atoms with E-state index in [-0.39, 0.29) is 4.90 Å². The second-order valence-electron chi connectivity index (χ2n) is 4.49. The van der Waals surface area contributed by atoms with Gasteiger partial charge in [-0.2, -0.15) is 8.42 Å². The molecular formula is C14H20N2O3S. The van der Waals surface area contributed by atoms with E-state index in [0.29, 0.717) is 0 Å². The number of imidazole rings is 1. The third-order valence-electron chi connectivity index (χ3n) is 2.71. The second kappa shape index (κ2) is 7.21. The number of aryl methyl sites for hydroxylation is 3. The molecule has 1 aromatic heterocycles. The number of hydrogen-bond donors (Lipinski definition) is 1. The molecule has 0 atom stereocenters. The number of hydrogen-bond acceptors (Lipinski definition) is 3. The molecule has 0 amide bonds. The van der Waals surface area contributed by atoms with E-state index < -0.39 is 10.1 Å². The molecule has 0 saturated heterocycles. The van der Waals surface area contributed by atoms with Gasteiger partial charge in [0.2, 0.25) is 0 Å². The summed E-state index contributed by atoms with van der Waals surface area (Å²) in [4.78, 5) is 4.10.